The van der Waals surface area contributed by atoms with Crippen LogP contribution in [-0.4, -0.2) is 5.11 Å². The lowest BCUT2D eigenvalue weighted by atomic mass is 9.94. The van der Waals surface area contributed by atoms with Crippen molar-refractivity contribution in [3.05, 3.63) is 22.8 Å². The van der Waals surface area contributed by atoms with Crippen molar-refractivity contribution in [2.24, 2.45) is 0 Å². The smallest absolute Gasteiger partial charge is 0.121 e. The van der Waals surface area contributed by atoms with Crippen molar-refractivity contribution in [1.82, 2.24) is 0 Å². The number of hydrogen-bond acceptors (Lipinski definition) is 2. The van der Waals surface area contributed by atoms with Crippen molar-refractivity contribution in [2.45, 2.75) is 33.6 Å². The molecule has 0 spiro atoms. The minimum Gasteiger partial charge on any atom is -0.508 e. The Morgan fingerprint density at radius 1 is 1.31 bits per heavy atom. The van der Waals surface area contributed by atoms with Crippen molar-refractivity contribution < 1.29 is 5.11 Å². The molecule has 0 amide bonds. The Labute approximate surface area is 79.4 Å². The van der Waals surface area contributed by atoms with Gasteiger partial charge < -0.3 is 10.8 Å². The summed E-state index contributed by atoms with van der Waals surface area (Å²) in [5, 5.41) is 9.69. The first-order valence-corrected chi connectivity index (χ1v) is 4.53. The summed E-state index contributed by atoms with van der Waals surface area (Å²) in [4.78, 5) is 0. The summed E-state index contributed by atoms with van der Waals surface area (Å²) in [6.45, 7) is 7.99. The van der Waals surface area contributed by atoms with Crippen molar-refractivity contribution >= 4 is 5.69 Å². The van der Waals surface area contributed by atoms with Gasteiger partial charge in [0, 0.05) is 11.3 Å². The predicted octanol–water partition coefficient (Wildman–Crippen LogP) is 2.71. The zero-order valence-corrected chi connectivity index (χ0v) is 8.68. The van der Waals surface area contributed by atoms with Crippen LogP contribution in [0.4, 0.5) is 5.69 Å². The first-order chi connectivity index (χ1) is 5.95. The van der Waals surface area contributed by atoms with E-state index in [2.05, 4.69) is 0 Å². The number of anilines is 1. The van der Waals surface area contributed by atoms with Crippen molar-refractivity contribution in [3.8, 4) is 5.75 Å². The van der Waals surface area contributed by atoms with Gasteiger partial charge in [0.2, 0.25) is 0 Å². The summed E-state index contributed by atoms with van der Waals surface area (Å²) in [6.07, 6.45) is 0. The van der Waals surface area contributed by atoms with Gasteiger partial charge in [-0.25, -0.2) is 0 Å². The van der Waals surface area contributed by atoms with Gasteiger partial charge in [0.1, 0.15) is 5.75 Å². The maximum atomic E-state index is 9.69. The van der Waals surface area contributed by atoms with E-state index in [1.807, 2.05) is 27.7 Å². The maximum Gasteiger partial charge on any atom is 0.121 e. The van der Waals surface area contributed by atoms with E-state index in [9.17, 15) is 5.11 Å². The minimum atomic E-state index is 0.263. The first kappa shape index (κ1) is 9.90. The molecule has 0 saturated carbocycles. The summed E-state index contributed by atoms with van der Waals surface area (Å²) < 4.78 is 0. The third-order valence-electron chi connectivity index (χ3n) is 2.49. The molecule has 13 heavy (non-hydrogen) atoms. The number of benzene rings is 1. The topological polar surface area (TPSA) is 46.2 Å². The predicted molar refractivity (Wildman–Crippen MR) is 56.1 cm³/mol. The van der Waals surface area contributed by atoms with Gasteiger partial charge in [-0.05, 0) is 37.0 Å². The molecule has 0 aliphatic rings. The number of aryl methyl sites for hydroxylation is 1. The zero-order valence-electron chi connectivity index (χ0n) is 8.68. The zero-order chi connectivity index (χ0) is 10.2. The summed E-state index contributed by atoms with van der Waals surface area (Å²) in [5.41, 5.74) is 9.63. The molecule has 0 saturated heterocycles. The third kappa shape index (κ3) is 1.62. The normalized spacial score (nSPS) is 10.8. The lowest BCUT2D eigenvalue weighted by Gasteiger charge is -2.15. The Kier molecular flexibility index (Phi) is 2.50. The number of hydrogen-bond donors (Lipinski definition) is 2. The molecule has 0 bridgehead atoms. The van der Waals surface area contributed by atoms with Gasteiger partial charge in [-0.2, -0.15) is 0 Å². The average Bonchev–Trinajstić information content (AvgIpc) is 1.99. The van der Waals surface area contributed by atoms with Crippen molar-refractivity contribution in [2.75, 3.05) is 5.73 Å². The molecular weight excluding hydrogens is 162 g/mol. The van der Waals surface area contributed by atoms with Crippen LogP contribution in [-0.2, 0) is 0 Å². The van der Waals surface area contributed by atoms with Gasteiger partial charge in [0.25, 0.3) is 0 Å². The molecule has 0 aromatic heterocycles. The standard InChI is InChI=1S/C11H17NO/c1-6(2)10-9(13)5-7(3)8(4)11(10)12/h5-6,13H,12H2,1-4H3. The molecule has 0 fully saturated rings. The summed E-state index contributed by atoms with van der Waals surface area (Å²) >= 11 is 0. The number of nitrogen functional groups attached to an aromatic ring is 1. The van der Waals surface area contributed by atoms with Crippen LogP contribution in [0.3, 0.4) is 0 Å². The van der Waals surface area contributed by atoms with E-state index in [0.717, 1.165) is 22.4 Å². The highest BCUT2D eigenvalue weighted by Gasteiger charge is 2.13. The van der Waals surface area contributed by atoms with Crippen molar-refractivity contribution in [1.29, 1.82) is 0 Å². The number of nitrogens with two attached hydrogens (primary N) is 1. The molecule has 0 aliphatic heterocycles. The molecule has 0 unspecified atom stereocenters. The Bertz CT molecular complexity index is 329. The molecule has 1 aromatic rings. The molecule has 0 aliphatic carbocycles. The van der Waals surface area contributed by atoms with Crippen LogP contribution < -0.4 is 5.73 Å². The van der Waals surface area contributed by atoms with Gasteiger partial charge in [-0.1, -0.05) is 13.8 Å². The highest BCUT2D eigenvalue weighted by Crippen LogP contribution is 2.34. The third-order valence-corrected chi connectivity index (χ3v) is 2.49. The molecule has 2 nitrogen and oxygen atoms in total. The lowest BCUT2D eigenvalue weighted by molar-refractivity contribution is 0.465. The van der Waals surface area contributed by atoms with Gasteiger partial charge in [0.15, 0.2) is 0 Å². The number of rotatable bonds is 1. The van der Waals surface area contributed by atoms with E-state index in [1.54, 1.807) is 6.07 Å². The van der Waals surface area contributed by atoms with Crippen LogP contribution in [0, 0.1) is 13.8 Å². The number of phenols is 1. The summed E-state index contributed by atoms with van der Waals surface area (Å²) in [7, 11) is 0. The van der Waals surface area contributed by atoms with Gasteiger partial charge in [0.05, 0.1) is 0 Å². The summed E-state index contributed by atoms with van der Waals surface area (Å²) in [6, 6.07) is 1.78. The quantitative estimate of drug-likeness (QED) is 0.651. The largest absolute Gasteiger partial charge is 0.508 e. The molecule has 2 heteroatoms. The van der Waals surface area contributed by atoms with E-state index in [1.165, 1.54) is 0 Å². The SMILES string of the molecule is Cc1cc(O)c(C(C)C)c(N)c1C. The Morgan fingerprint density at radius 2 is 1.85 bits per heavy atom. The molecular formula is C11H17NO. The highest BCUT2D eigenvalue weighted by molar-refractivity contribution is 5.62. The molecule has 0 radical (unpaired) electrons. The molecule has 1 rings (SSSR count). The second-order valence-corrected chi connectivity index (χ2v) is 3.82. The molecule has 3 N–H and O–H groups in total. The highest BCUT2D eigenvalue weighted by atomic mass is 16.3. The van der Waals surface area contributed by atoms with Crippen molar-refractivity contribution in [3.63, 3.8) is 0 Å². The van der Waals surface area contributed by atoms with Crippen LogP contribution in [0.1, 0.15) is 36.5 Å². The van der Waals surface area contributed by atoms with Gasteiger partial charge in [-0.15, -0.1) is 0 Å². The minimum absolute atomic E-state index is 0.263. The average molecular weight is 179 g/mol. The van der Waals surface area contributed by atoms with Crippen LogP contribution in [0.2, 0.25) is 0 Å². The van der Waals surface area contributed by atoms with E-state index in [-0.39, 0.29) is 5.92 Å². The van der Waals surface area contributed by atoms with Gasteiger partial charge in [-0.3, -0.25) is 0 Å². The second-order valence-electron chi connectivity index (χ2n) is 3.82. The van der Waals surface area contributed by atoms with Crippen LogP contribution in [0.5, 0.6) is 5.75 Å². The lowest BCUT2D eigenvalue weighted by Crippen LogP contribution is -2.01. The van der Waals surface area contributed by atoms with Crippen LogP contribution in [0.25, 0.3) is 0 Å². The summed E-state index contributed by atoms with van der Waals surface area (Å²) in [5.74, 6) is 0.579. The molecule has 0 atom stereocenters. The van der Waals surface area contributed by atoms with Crippen LogP contribution >= 0.6 is 0 Å². The second kappa shape index (κ2) is 3.29. The van der Waals surface area contributed by atoms with E-state index in [0.29, 0.717) is 5.75 Å². The molecule has 0 heterocycles. The number of phenolic OH excluding ortho intramolecular Hbond substituents is 1. The molecule has 72 valence electrons. The fourth-order valence-electron chi connectivity index (χ4n) is 1.55. The Morgan fingerprint density at radius 3 is 2.31 bits per heavy atom. The van der Waals surface area contributed by atoms with E-state index < -0.39 is 0 Å². The first-order valence-electron chi connectivity index (χ1n) is 4.53. The maximum absolute atomic E-state index is 9.69. The number of aromatic hydroxyl groups is 1. The van der Waals surface area contributed by atoms with Crippen LogP contribution in [0.15, 0.2) is 6.07 Å². The fraction of sp³-hybridized carbons (Fsp3) is 0.455. The fourth-order valence-corrected chi connectivity index (χ4v) is 1.55. The Balaban J connectivity index is 3.44. The monoisotopic (exact) mass is 179 g/mol. The Hall–Kier alpha value is -1.18. The van der Waals surface area contributed by atoms with E-state index in [4.69, 9.17) is 5.73 Å². The van der Waals surface area contributed by atoms with Gasteiger partial charge >= 0.3 is 0 Å². The van der Waals surface area contributed by atoms with E-state index >= 15 is 0 Å². The molecule has 1 aromatic carbocycles.